The fraction of sp³-hybridized carbons (Fsp3) is 0.0435. The summed E-state index contributed by atoms with van der Waals surface area (Å²) in [6.45, 7) is 0.391. The number of hydrogen-bond donors (Lipinski definition) is 0. The van der Waals surface area contributed by atoms with Crippen molar-refractivity contribution in [2.24, 2.45) is 4.99 Å². The Labute approximate surface area is 210 Å². The van der Waals surface area contributed by atoms with Crippen molar-refractivity contribution < 1.29 is 19.2 Å². The third kappa shape index (κ3) is 5.32. The van der Waals surface area contributed by atoms with Gasteiger partial charge in [0.25, 0.3) is 5.69 Å². The molecule has 0 fully saturated rings. The maximum absolute atomic E-state index is 12.4. The van der Waals surface area contributed by atoms with Gasteiger partial charge in [-0.25, -0.2) is 9.79 Å². The molecule has 7 nitrogen and oxygen atoms in total. The van der Waals surface area contributed by atoms with E-state index < -0.39 is 10.9 Å². The minimum absolute atomic E-state index is 0.0318. The van der Waals surface area contributed by atoms with E-state index in [0.717, 1.165) is 5.56 Å². The van der Waals surface area contributed by atoms with Crippen LogP contribution in [0.2, 0.25) is 5.02 Å². The zero-order valence-corrected chi connectivity index (χ0v) is 20.6. The summed E-state index contributed by atoms with van der Waals surface area (Å²) >= 11 is 13.1. The highest BCUT2D eigenvalue weighted by molar-refractivity contribution is 9.11. The van der Waals surface area contributed by atoms with Gasteiger partial charge in [0.05, 0.1) is 24.5 Å². The predicted molar refractivity (Wildman–Crippen MR) is 131 cm³/mol. The summed E-state index contributed by atoms with van der Waals surface area (Å²) in [6.07, 6.45) is 1.54. The van der Waals surface area contributed by atoms with Crippen LogP contribution in [0.25, 0.3) is 6.08 Å². The SMILES string of the molecule is O=C1OC(c2cc([N+](=O)[O-])ccc2Cl)=N/C1=C\c1cc(Br)c(OCc2ccccc2)c(Br)c1. The quantitative estimate of drug-likeness (QED) is 0.138. The Morgan fingerprint density at radius 3 is 2.45 bits per heavy atom. The molecule has 33 heavy (non-hydrogen) atoms. The van der Waals surface area contributed by atoms with E-state index in [2.05, 4.69) is 36.9 Å². The monoisotopic (exact) mass is 590 g/mol. The molecule has 0 spiro atoms. The summed E-state index contributed by atoms with van der Waals surface area (Å²) in [5.41, 5.74) is 1.68. The van der Waals surface area contributed by atoms with Crippen molar-refractivity contribution in [2.75, 3.05) is 0 Å². The van der Waals surface area contributed by atoms with E-state index in [-0.39, 0.29) is 27.9 Å². The highest BCUT2D eigenvalue weighted by atomic mass is 79.9. The average molecular weight is 593 g/mol. The molecule has 0 aliphatic carbocycles. The summed E-state index contributed by atoms with van der Waals surface area (Å²) < 4.78 is 12.5. The second kappa shape index (κ2) is 9.86. The van der Waals surface area contributed by atoms with Crippen molar-refractivity contribution in [3.63, 3.8) is 0 Å². The zero-order valence-electron chi connectivity index (χ0n) is 16.6. The number of carbonyl (C=O) groups excluding carboxylic acids is 1. The lowest BCUT2D eigenvalue weighted by Gasteiger charge is -2.11. The van der Waals surface area contributed by atoms with Crippen molar-refractivity contribution in [1.29, 1.82) is 0 Å². The third-order valence-electron chi connectivity index (χ3n) is 4.56. The summed E-state index contributed by atoms with van der Waals surface area (Å²) in [6, 6.07) is 17.1. The summed E-state index contributed by atoms with van der Waals surface area (Å²) in [5, 5.41) is 11.2. The van der Waals surface area contributed by atoms with Gasteiger partial charge in [-0.3, -0.25) is 10.1 Å². The van der Waals surface area contributed by atoms with Crippen LogP contribution in [0.3, 0.4) is 0 Å². The molecule has 166 valence electrons. The standard InChI is InChI=1S/C23H13Br2ClN2O5/c24-17-8-14(9-18(25)21(17)32-12-13-4-2-1-3-5-13)10-20-23(29)33-22(27-20)16-11-15(28(30)31)6-7-19(16)26/h1-11H,12H2/b20-10-. The topological polar surface area (TPSA) is 91.0 Å². The molecule has 0 saturated carbocycles. The molecule has 1 heterocycles. The Bertz CT molecular complexity index is 1300. The van der Waals surface area contributed by atoms with Crippen molar-refractivity contribution in [3.8, 4) is 5.75 Å². The number of cyclic esters (lactones) is 1. The molecule has 0 aromatic heterocycles. The highest BCUT2D eigenvalue weighted by Crippen LogP contribution is 2.36. The van der Waals surface area contributed by atoms with Gasteiger partial charge in [0.1, 0.15) is 12.4 Å². The van der Waals surface area contributed by atoms with Gasteiger partial charge in [-0.2, -0.15) is 0 Å². The second-order valence-corrected chi connectivity index (χ2v) is 8.96. The smallest absolute Gasteiger partial charge is 0.363 e. The number of nitrogens with zero attached hydrogens (tertiary/aromatic N) is 2. The molecule has 0 bridgehead atoms. The number of nitro groups is 1. The fourth-order valence-corrected chi connectivity index (χ4v) is 4.65. The lowest BCUT2D eigenvalue weighted by Crippen LogP contribution is -2.06. The second-order valence-electron chi connectivity index (χ2n) is 6.85. The molecule has 0 atom stereocenters. The number of non-ortho nitro benzene ring substituents is 1. The number of ether oxygens (including phenoxy) is 2. The normalized spacial score (nSPS) is 14.2. The number of aliphatic imine (C=N–C) groups is 1. The molecule has 0 unspecified atom stereocenters. The van der Waals surface area contributed by atoms with E-state index in [1.807, 2.05) is 30.3 Å². The molecule has 0 radical (unpaired) electrons. The fourth-order valence-electron chi connectivity index (χ4n) is 3.00. The van der Waals surface area contributed by atoms with E-state index in [1.165, 1.54) is 24.3 Å². The third-order valence-corrected chi connectivity index (χ3v) is 6.07. The molecule has 10 heteroatoms. The van der Waals surface area contributed by atoms with Gasteiger partial charge in [-0.1, -0.05) is 41.9 Å². The minimum Gasteiger partial charge on any atom is -0.487 e. The number of hydrogen-bond acceptors (Lipinski definition) is 6. The van der Waals surface area contributed by atoms with Crippen LogP contribution in [-0.2, 0) is 16.1 Å². The molecular weight excluding hydrogens is 580 g/mol. The maximum Gasteiger partial charge on any atom is 0.363 e. The van der Waals surface area contributed by atoms with E-state index >= 15 is 0 Å². The molecule has 1 aliphatic rings. The van der Waals surface area contributed by atoms with Crippen LogP contribution in [0.4, 0.5) is 5.69 Å². The Hall–Kier alpha value is -3.01. The first kappa shape index (κ1) is 23.2. The van der Waals surface area contributed by atoms with E-state index in [1.54, 1.807) is 12.1 Å². The predicted octanol–water partition coefficient (Wildman–Crippen LogP) is 6.70. The minimum atomic E-state index is -0.691. The Morgan fingerprint density at radius 1 is 1.09 bits per heavy atom. The van der Waals surface area contributed by atoms with Gasteiger partial charge < -0.3 is 9.47 Å². The van der Waals surface area contributed by atoms with Crippen LogP contribution in [0.5, 0.6) is 5.75 Å². The molecule has 3 aromatic rings. The first-order valence-electron chi connectivity index (χ1n) is 9.44. The van der Waals surface area contributed by atoms with Crippen molar-refractivity contribution >= 4 is 67.1 Å². The zero-order chi connectivity index (χ0) is 23.5. The molecule has 0 N–H and O–H groups in total. The summed E-state index contributed by atoms with van der Waals surface area (Å²) in [4.78, 5) is 27.0. The van der Waals surface area contributed by atoms with Crippen LogP contribution >= 0.6 is 43.5 Å². The molecule has 3 aromatic carbocycles. The number of nitro benzene ring substituents is 1. The summed E-state index contributed by atoms with van der Waals surface area (Å²) in [5.74, 6) is -0.173. The van der Waals surface area contributed by atoms with Crippen LogP contribution in [0, 0.1) is 10.1 Å². The average Bonchev–Trinajstić information content (AvgIpc) is 3.14. The summed E-state index contributed by atoms with van der Waals surface area (Å²) in [7, 11) is 0. The number of esters is 1. The van der Waals surface area contributed by atoms with E-state index in [4.69, 9.17) is 21.1 Å². The number of carbonyl (C=O) groups is 1. The van der Waals surface area contributed by atoms with Gasteiger partial charge in [-0.05, 0) is 67.3 Å². The lowest BCUT2D eigenvalue weighted by atomic mass is 10.2. The Kier molecular flexibility index (Phi) is 6.92. The van der Waals surface area contributed by atoms with Gasteiger partial charge in [0.2, 0.25) is 5.90 Å². The first-order valence-corrected chi connectivity index (χ1v) is 11.4. The largest absolute Gasteiger partial charge is 0.487 e. The van der Waals surface area contributed by atoms with Crippen molar-refractivity contribution in [1.82, 2.24) is 0 Å². The number of halogens is 3. The van der Waals surface area contributed by atoms with Gasteiger partial charge >= 0.3 is 5.97 Å². The van der Waals surface area contributed by atoms with Gasteiger partial charge in [-0.15, -0.1) is 0 Å². The van der Waals surface area contributed by atoms with Crippen LogP contribution < -0.4 is 4.74 Å². The molecule has 0 amide bonds. The van der Waals surface area contributed by atoms with Gasteiger partial charge in [0, 0.05) is 12.1 Å². The molecule has 0 saturated heterocycles. The highest BCUT2D eigenvalue weighted by Gasteiger charge is 2.27. The number of benzene rings is 3. The molecule has 1 aliphatic heterocycles. The number of rotatable bonds is 6. The first-order chi connectivity index (χ1) is 15.8. The van der Waals surface area contributed by atoms with Crippen LogP contribution in [0.15, 0.2) is 80.3 Å². The van der Waals surface area contributed by atoms with Gasteiger partial charge in [0.15, 0.2) is 5.70 Å². The molecular formula is C23H13Br2ClN2O5. The van der Waals surface area contributed by atoms with E-state index in [9.17, 15) is 14.9 Å². The van der Waals surface area contributed by atoms with Crippen molar-refractivity contribution in [3.05, 3.63) is 107 Å². The van der Waals surface area contributed by atoms with Crippen molar-refractivity contribution in [2.45, 2.75) is 6.61 Å². The van der Waals surface area contributed by atoms with Crippen LogP contribution in [-0.4, -0.2) is 16.8 Å². The molecule has 4 rings (SSSR count). The Morgan fingerprint density at radius 2 is 1.79 bits per heavy atom. The van der Waals surface area contributed by atoms with E-state index in [0.29, 0.717) is 26.9 Å². The Balaban J connectivity index is 1.60. The maximum atomic E-state index is 12.4. The van der Waals surface area contributed by atoms with Crippen LogP contribution in [0.1, 0.15) is 16.7 Å². The lowest BCUT2D eigenvalue weighted by molar-refractivity contribution is -0.384.